The van der Waals surface area contributed by atoms with E-state index in [2.05, 4.69) is 25.1 Å². The van der Waals surface area contributed by atoms with Crippen LogP contribution >= 0.6 is 0 Å². The first-order valence-electron chi connectivity index (χ1n) is 9.90. The Kier molecular flexibility index (Phi) is 4.73. The molecule has 0 saturated carbocycles. The van der Waals surface area contributed by atoms with Crippen molar-refractivity contribution in [3.63, 3.8) is 0 Å². The lowest BCUT2D eigenvalue weighted by molar-refractivity contribution is 0.262. The first kappa shape index (κ1) is 18.2. The normalized spacial score (nSPS) is 19.8. The van der Waals surface area contributed by atoms with Crippen LogP contribution in [0.1, 0.15) is 5.56 Å². The van der Waals surface area contributed by atoms with Gasteiger partial charge in [0.05, 0.1) is 24.6 Å². The Bertz CT molecular complexity index is 1000. The van der Waals surface area contributed by atoms with E-state index in [1.807, 2.05) is 42.1 Å². The fourth-order valence-corrected chi connectivity index (χ4v) is 3.27. The Morgan fingerprint density at radius 2 is 1.59 bits per heavy atom. The predicted molar refractivity (Wildman–Crippen MR) is 109 cm³/mol. The Balaban J connectivity index is 1.32. The zero-order chi connectivity index (χ0) is 19.8. The molecular weight excluding hydrogens is 368 g/mol. The molecule has 29 heavy (non-hydrogen) atoms. The average Bonchev–Trinajstić information content (AvgIpc) is 3.65. The summed E-state index contributed by atoms with van der Waals surface area (Å²) in [6, 6.07) is 16.4. The number of rotatable bonds is 8. The second kappa shape index (κ2) is 7.54. The van der Waals surface area contributed by atoms with Crippen molar-refractivity contribution < 1.29 is 18.9 Å². The molecule has 0 amide bonds. The van der Waals surface area contributed by atoms with E-state index in [0.29, 0.717) is 13.2 Å². The van der Waals surface area contributed by atoms with Gasteiger partial charge in [-0.3, -0.25) is 4.68 Å². The first-order valence-corrected chi connectivity index (χ1v) is 9.90. The highest BCUT2D eigenvalue weighted by molar-refractivity contribution is 5.70. The van der Waals surface area contributed by atoms with Crippen LogP contribution in [-0.2, 0) is 16.5 Å². The molecular formula is C23H24N2O4. The molecule has 6 heteroatoms. The van der Waals surface area contributed by atoms with Crippen molar-refractivity contribution in [3.05, 3.63) is 54.1 Å². The molecule has 2 atom stereocenters. The summed E-state index contributed by atoms with van der Waals surface area (Å²) in [6.07, 6.45) is 0.517. The number of hydrogen-bond donors (Lipinski definition) is 0. The van der Waals surface area contributed by atoms with E-state index in [0.717, 1.165) is 52.8 Å². The van der Waals surface area contributed by atoms with Crippen molar-refractivity contribution in [2.24, 2.45) is 7.05 Å². The molecule has 2 saturated heterocycles. The summed E-state index contributed by atoms with van der Waals surface area (Å²) in [6.45, 7) is 4.89. The van der Waals surface area contributed by atoms with Crippen LogP contribution in [0.15, 0.2) is 48.5 Å². The molecule has 0 N–H and O–H groups in total. The molecule has 2 unspecified atom stereocenters. The highest BCUT2D eigenvalue weighted by Crippen LogP contribution is 2.30. The molecule has 0 aliphatic carbocycles. The summed E-state index contributed by atoms with van der Waals surface area (Å²) in [5.74, 6) is 1.75. The maximum Gasteiger partial charge on any atom is 0.122 e. The van der Waals surface area contributed by atoms with Crippen LogP contribution in [0.25, 0.3) is 22.5 Å². The molecule has 3 heterocycles. The highest BCUT2D eigenvalue weighted by atomic mass is 16.6. The number of benzene rings is 2. The van der Waals surface area contributed by atoms with Crippen LogP contribution in [0.4, 0.5) is 0 Å². The molecule has 2 aliphatic rings. The molecule has 5 rings (SSSR count). The van der Waals surface area contributed by atoms with Crippen molar-refractivity contribution in [2.75, 3.05) is 26.4 Å². The molecule has 3 aromatic rings. The third kappa shape index (κ3) is 4.28. The Morgan fingerprint density at radius 1 is 0.931 bits per heavy atom. The maximum absolute atomic E-state index is 5.84. The monoisotopic (exact) mass is 392 g/mol. The minimum Gasteiger partial charge on any atom is -0.491 e. The topological polar surface area (TPSA) is 61.3 Å². The quantitative estimate of drug-likeness (QED) is 0.548. The van der Waals surface area contributed by atoms with Crippen LogP contribution in [0.5, 0.6) is 11.5 Å². The zero-order valence-electron chi connectivity index (χ0n) is 16.6. The molecule has 2 fully saturated rings. The standard InChI is InChI=1S/C23H24N2O4/c1-15-9-17(5-8-23(15)29-14-20-13-28-20)22-10-21(24-25(22)2)16-3-6-18(7-4-16)26-11-19-12-27-19/h3-10,19-20H,11-14H2,1-2H3. The van der Waals surface area contributed by atoms with Gasteiger partial charge in [-0.25, -0.2) is 0 Å². The lowest BCUT2D eigenvalue weighted by Crippen LogP contribution is -2.05. The van der Waals surface area contributed by atoms with Gasteiger partial charge in [-0.2, -0.15) is 5.10 Å². The SMILES string of the molecule is Cc1cc(-c2cc(-c3ccc(OCC4CO4)cc3)nn2C)ccc1OCC1CO1. The van der Waals surface area contributed by atoms with Crippen molar-refractivity contribution >= 4 is 0 Å². The summed E-state index contributed by atoms with van der Waals surface area (Å²) in [5.41, 5.74) is 5.27. The average molecular weight is 392 g/mol. The fourth-order valence-electron chi connectivity index (χ4n) is 3.27. The Labute approximate surface area is 170 Å². The molecule has 6 nitrogen and oxygen atoms in total. The zero-order valence-corrected chi connectivity index (χ0v) is 16.6. The lowest BCUT2D eigenvalue weighted by Gasteiger charge is -2.10. The van der Waals surface area contributed by atoms with Crippen molar-refractivity contribution in [1.29, 1.82) is 0 Å². The van der Waals surface area contributed by atoms with Gasteiger partial charge >= 0.3 is 0 Å². The number of aromatic nitrogens is 2. The summed E-state index contributed by atoms with van der Waals surface area (Å²) < 4.78 is 23.8. The van der Waals surface area contributed by atoms with Crippen molar-refractivity contribution in [2.45, 2.75) is 19.1 Å². The van der Waals surface area contributed by atoms with Gasteiger partial charge < -0.3 is 18.9 Å². The smallest absolute Gasteiger partial charge is 0.122 e. The van der Waals surface area contributed by atoms with Crippen molar-refractivity contribution in [1.82, 2.24) is 9.78 Å². The second-order valence-corrected chi connectivity index (χ2v) is 7.58. The van der Waals surface area contributed by atoms with E-state index in [1.54, 1.807) is 0 Å². The van der Waals surface area contributed by atoms with Crippen LogP contribution in [0, 0.1) is 6.92 Å². The predicted octanol–water partition coefficient (Wildman–Crippen LogP) is 3.62. The van der Waals surface area contributed by atoms with Gasteiger partial charge in [0.15, 0.2) is 0 Å². The largest absolute Gasteiger partial charge is 0.491 e. The van der Waals surface area contributed by atoms with Gasteiger partial charge in [0, 0.05) is 18.2 Å². The van der Waals surface area contributed by atoms with Crippen molar-refractivity contribution in [3.8, 4) is 34.0 Å². The van der Waals surface area contributed by atoms with Gasteiger partial charge in [-0.05, 0) is 61.0 Å². The Hall–Kier alpha value is -2.83. The van der Waals surface area contributed by atoms with E-state index in [1.165, 1.54) is 0 Å². The first-order chi connectivity index (χ1) is 14.2. The molecule has 2 aliphatic heterocycles. The van der Waals surface area contributed by atoms with Gasteiger partial charge in [0.25, 0.3) is 0 Å². The van der Waals surface area contributed by atoms with E-state index in [-0.39, 0.29) is 12.2 Å². The van der Waals surface area contributed by atoms with Crippen LogP contribution < -0.4 is 9.47 Å². The van der Waals surface area contributed by atoms with E-state index < -0.39 is 0 Å². The number of epoxide rings is 2. The number of nitrogens with zero attached hydrogens (tertiary/aromatic N) is 2. The number of aryl methyl sites for hydroxylation is 2. The van der Waals surface area contributed by atoms with Crippen LogP contribution in [-0.4, -0.2) is 48.4 Å². The fraction of sp³-hybridized carbons (Fsp3) is 0.348. The molecule has 1 aromatic heterocycles. The summed E-state index contributed by atoms with van der Waals surface area (Å²) in [7, 11) is 1.97. The van der Waals surface area contributed by atoms with E-state index >= 15 is 0 Å². The minimum absolute atomic E-state index is 0.257. The van der Waals surface area contributed by atoms with E-state index in [4.69, 9.17) is 24.0 Å². The van der Waals surface area contributed by atoms with E-state index in [9.17, 15) is 0 Å². The van der Waals surface area contributed by atoms with Crippen LogP contribution in [0.2, 0.25) is 0 Å². The third-order valence-electron chi connectivity index (χ3n) is 5.17. The molecule has 0 spiro atoms. The van der Waals surface area contributed by atoms with Gasteiger partial charge in [0.1, 0.15) is 36.9 Å². The Morgan fingerprint density at radius 3 is 2.24 bits per heavy atom. The van der Waals surface area contributed by atoms with Gasteiger partial charge in [-0.15, -0.1) is 0 Å². The molecule has 0 bridgehead atoms. The molecule has 150 valence electrons. The summed E-state index contributed by atoms with van der Waals surface area (Å²) in [5, 5.41) is 4.70. The number of ether oxygens (including phenoxy) is 4. The van der Waals surface area contributed by atoms with Gasteiger partial charge in [-0.1, -0.05) is 0 Å². The van der Waals surface area contributed by atoms with Crippen LogP contribution in [0.3, 0.4) is 0 Å². The summed E-state index contributed by atoms with van der Waals surface area (Å²) >= 11 is 0. The second-order valence-electron chi connectivity index (χ2n) is 7.58. The summed E-state index contributed by atoms with van der Waals surface area (Å²) in [4.78, 5) is 0. The maximum atomic E-state index is 5.84. The molecule has 0 radical (unpaired) electrons. The molecule has 2 aromatic carbocycles. The lowest BCUT2D eigenvalue weighted by atomic mass is 10.1. The highest BCUT2D eigenvalue weighted by Gasteiger charge is 2.24. The third-order valence-corrected chi connectivity index (χ3v) is 5.17. The van der Waals surface area contributed by atoms with Gasteiger partial charge in [0.2, 0.25) is 0 Å². The number of hydrogen-bond acceptors (Lipinski definition) is 5. The minimum atomic E-state index is 0.257.